The van der Waals surface area contributed by atoms with Gasteiger partial charge in [-0.1, -0.05) is 177 Å². The first-order valence-electron chi connectivity index (χ1n) is 19.5. The first kappa shape index (κ1) is 53.8. The molecule has 2 heteroatoms. The highest BCUT2D eigenvalue weighted by Crippen LogP contribution is 2.21. The van der Waals surface area contributed by atoms with Crippen LogP contribution in [0.15, 0.2) is 30.3 Å². The molecule has 0 heterocycles. The fourth-order valence-electron chi connectivity index (χ4n) is 5.77. The van der Waals surface area contributed by atoms with E-state index >= 15 is 0 Å². The normalized spacial score (nSPS) is 9.38. The van der Waals surface area contributed by atoms with Crippen LogP contribution in [0.25, 0.3) is 0 Å². The van der Waals surface area contributed by atoms with E-state index in [1.54, 1.807) is 6.92 Å². The maximum atomic E-state index is 6.15. The third-order valence-electron chi connectivity index (χ3n) is 8.96. The van der Waals surface area contributed by atoms with Gasteiger partial charge in [0.15, 0.2) is 0 Å². The quantitative estimate of drug-likeness (QED) is 0.0793. The third-order valence-corrected chi connectivity index (χ3v) is 8.96. The van der Waals surface area contributed by atoms with Crippen molar-refractivity contribution in [3.63, 3.8) is 0 Å². The molecule has 0 aliphatic rings. The summed E-state index contributed by atoms with van der Waals surface area (Å²) in [5.41, 5.74) is 6.28. The highest BCUT2D eigenvalue weighted by atomic mass is 16.5. The standard InChI is InChI=1S/C47H64O2.4CH4/c1-6-9-12-14-16-18-20-22-24-29-36-49-47-34-33-43(39-45(47)32-25-11-8-3)30-26-27-31-44-37-41(4)42(5)38-46(44)40-48-35-28-23-21-19-17-15-13-10-7-2;;;;/h33-34,37-39H,6-7,9-10,12-24,28-29,35-36,40H2,1-5H3;4*1H4. The highest BCUT2D eigenvalue weighted by molar-refractivity contribution is 5.55. The minimum atomic E-state index is 0. The molecule has 2 aromatic carbocycles. The van der Waals surface area contributed by atoms with Crippen molar-refractivity contribution in [3.05, 3.63) is 63.7 Å². The van der Waals surface area contributed by atoms with Crippen molar-refractivity contribution < 1.29 is 9.47 Å². The third kappa shape index (κ3) is 26.0. The van der Waals surface area contributed by atoms with E-state index in [9.17, 15) is 0 Å². The van der Waals surface area contributed by atoms with E-state index in [0.29, 0.717) is 13.2 Å². The lowest BCUT2D eigenvalue weighted by Crippen LogP contribution is -2.00. The van der Waals surface area contributed by atoms with E-state index in [2.05, 4.69) is 87.2 Å². The summed E-state index contributed by atoms with van der Waals surface area (Å²) in [6, 6.07) is 10.3. The predicted octanol–water partition coefficient (Wildman–Crippen LogP) is 15.0. The molecule has 2 aromatic rings. The van der Waals surface area contributed by atoms with Crippen LogP contribution in [0.4, 0.5) is 0 Å². The number of benzene rings is 2. The van der Waals surface area contributed by atoms with Crippen LogP contribution < -0.4 is 4.74 Å². The molecule has 0 aliphatic carbocycles. The predicted molar refractivity (Wildman–Crippen MR) is 238 cm³/mol. The molecular weight excluding hydrogens is 645 g/mol. The summed E-state index contributed by atoms with van der Waals surface area (Å²) in [7, 11) is 0. The van der Waals surface area contributed by atoms with Gasteiger partial charge < -0.3 is 9.47 Å². The summed E-state index contributed by atoms with van der Waals surface area (Å²) >= 11 is 0. The lowest BCUT2D eigenvalue weighted by molar-refractivity contribution is 0.116. The second-order valence-corrected chi connectivity index (χ2v) is 13.3. The number of unbranched alkanes of at least 4 members (excludes halogenated alkanes) is 17. The molecule has 2 nitrogen and oxygen atoms in total. The van der Waals surface area contributed by atoms with Gasteiger partial charge in [0.2, 0.25) is 0 Å². The van der Waals surface area contributed by atoms with E-state index in [1.165, 1.54) is 120 Å². The van der Waals surface area contributed by atoms with Crippen molar-refractivity contribution in [1.82, 2.24) is 0 Å². The highest BCUT2D eigenvalue weighted by Gasteiger charge is 2.05. The van der Waals surface area contributed by atoms with Gasteiger partial charge in [0.1, 0.15) is 5.75 Å². The van der Waals surface area contributed by atoms with Crippen LogP contribution in [0.2, 0.25) is 0 Å². The Balaban J connectivity index is -0.00000625. The molecule has 0 saturated heterocycles. The summed E-state index contributed by atoms with van der Waals surface area (Å²) < 4.78 is 12.2. The van der Waals surface area contributed by atoms with Gasteiger partial charge in [-0.25, -0.2) is 0 Å². The van der Waals surface area contributed by atoms with Gasteiger partial charge >= 0.3 is 0 Å². The van der Waals surface area contributed by atoms with Gasteiger partial charge in [-0.3, -0.25) is 0 Å². The van der Waals surface area contributed by atoms with Crippen molar-refractivity contribution in [2.45, 2.75) is 193 Å². The fourth-order valence-corrected chi connectivity index (χ4v) is 5.77. The summed E-state index contributed by atoms with van der Waals surface area (Å²) in [6.45, 7) is 12.7. The Morgan fingerprint density at radius 2 is 0.962 bits per heavy atom. The monoisotopic (exact) mass is 725 g/mol. The van der Waals surface area contributed by atoms with Crippen LogP contribution in [0.5, 0.6) is 5.75 Å². The second-order valence-electron chi connectivity index (χ2n) is 13.3. The summed E-state index contributed by atoms with van der Waals surface area (Å²) in [4.78, 5) is 0. The zero-order chi connectivity index (χ0) is 35.2. The topological polar surface area (TPSA) is 18.5 Å². The molecule has 0 spiro atoms. The van der Waals surface area contributed by atoms with Gasteiger partial charge in [0, 0.05) is 17.7 Å². The minimum Gasteiger partial charge on any atom is -0.492 e. The van der Waals surface area contributed by atoms with Crippen LogP contribution >= 0.6 is 0 Å². The summed E-state index contributed by atoms with van der Waals surface area (Å²) in [5.74, 6) is 25.2. The number of hydrogen-bond acceptors (Lipinski definition) is 2. The molecule has 0 atom stereocenters. The van der Waals surface area contributed by atoms with Crippen molar-refractivity contribution in [2.75, 3.05) is 13.2 Å². The van der Waals surface area contributed by atoms with Gasteiger partial charge in [-0.05, 0) is 104 Å². The van der Waals surface area contributed by atoms with Crippen LogP contribution in [0, 0.1) is 61.2 Å². The molecule has 0 unspecified atom stereocenters. The maximum absolute atomic E-state index is 6.15. The molecule has 53 heavy (non-hydrogen) atoms. The lowest BCUT2D eigenvalue weighted by Gasteiger charge is -2.10. The van der Waals surface area contributed by atoms with E-state index < -0.39 is 0 Å². The van der Waals surface area contributed by atoms with E-state index in [-0.39, 0.29) is 29.7 Å². The molecule has 0 aliphatic heterocycles. The second kappa shape index (κ2) is 36.8. The van der Waals surface area contributed by atoms with E-state index in [4.69, 9.17) is 9.47 Å². The van der Waals surface area contributed by atoms with Crippen molar-refractivity contribution in [1.29, 1.82) is 0 Å². The minimum absolute atomic E-state index is 0. The lowest BCUT2D eigenvalue weighted by atomic mass is 10.0. The average Bonchev–Trinajstić information content (AvgIpc) is 3.10. The molecule has 296 valence electrons. The fraction of sp³-hybridized carbons (Fsp3) is 0.608. The Hall–Kier alpha value is -3.56. The zero-order valence-corrected chi connectivity index (χ0v) is 31.8. The van der Waals surface area contributed by atoms with Gasteiger partial charge in [-0.2, -0.15) is 0 Å². The molecule has 0 radical (unpaired) electrons. The zero-order valence-electron chi connectivity index (χ0n) is 31.8. The molecule has 0 amide bonds. The molecule has 0 saturated carbocycles. The van der Waals surface area contributed by atoms with Gasteiger partial charge in [0.25, 0.3) is 0 Å². The van der Waals surface area contributed by atoms with E-state index in [0.717, 1.165) is 47.5 Å². The average molecular weight is 725 g/mol. The first-order valence-corrected chi connectivity index (χ1v) is 19.5. The Morgan fingerprint density at radius 1 is 0.491 bits per heavy atom. The van der Waals surface area contributed by atoms with E-state index in [1.807, 2.05) is 18.2 Å². The smallest absolute Gasteiger partial charge is 0.135 e. The Labute approximate surface area is 331 Å². The SMILES string of the molecule is C.C.C.C.CC#CC#Cc1cc(C#CC#Cc2cc(C)c(C)cc2COCCCCCCCCCCC)ccc1OCCCCCCCCCCCC. The molecule has 0 N–H and O–H groups in total. The summed E-state index contributed by atoms with van der Waals surface area (Å²) in [6.07, 6.45) is 24.9. The number of ether oxygens (including phenoxy) is 2. The largest absolute Gasteiger partial charge is 0.492 e. The maximum Gasteiger partial charge on any atom is 0.135 e. The van der Waals surface area contributed by atoms with Gasteiger partial charge in [-0.15, -0.1) is 0 Å². The van der Waals surface area contributed by atoms with Crippen LogP contribution in [0.3, 0.4) is 0 Å². The molecule has 2 rings (SSSR count). The first-order chi connectivity index (χ1) is 24.1. The van der Waals surface area contributed by atoms with Crippen LogP contribution in [-0.4, -0.2) is 13.2 Å². The van der Waals surface area contributed by atoms with Crippen molar-refractivity contribution in [2.24, 2.45) is 0 Å². The molecule has 0 aromatic heterocycles. The number of hydrogen-bond donors (Lipinski definition) is 0. The van der Waals surface area contributed by atoms with Gasteiger partial charge in [0.05, 0.1) is 18.8 Å². The molecular formula is C51H80O2. The number of aryl methyl sites for hydroxylation is 2. The Kier molecular flexibility index (Phi) is 37.3. The molecule has 0 fully saturated rings. The van der Waals surface area contributed by atoms with Crippen LogP contribution in [0.1, 0.15) is 206 Å². The van der Waals surface area contributed by atoms with Crippen LogP contribution in [-0.2, 0) is 11.3 Å². The van der Waals surface area contributed by atoms with Crippen molar-refractivity contribution >= 4 is 0 Å². The van der Waals surface area contributed by atoms with Crippen molar-refractivity contribution in [3.8, 4) is 53.1 Å². The Bertz CT molecular complexity index is 1450. The Morgan fingerprint density at radius 3 is 1.53 bits per heavy atom. The summed E-state index contributed by atoms with van der Waals surface area (Å²) in [5, 5.41) is 0. The number of rotatable bonds is 24. The molecule has 0 bridgehead atoms.